The summed E-state index contributed by atoms with van der Waals surface area (Å²) in [5.41, 5.74) is 4.20. The van der Waals surface area contributed by atoms with Crippen molar-refractivity contribution in [3.63, 3.8) is 0 Å². The minimum Gasteiger partial charge on any atom is -0.352 e. The number of benzene rings is 2. The molecule has 1 heterocycles. The molecule has 0 unspecified atom stereocenters. The van der Waals surface area contributed by atoms with E-state index in [0.717, 1.165) is 23.2 Å². The molecule has 1 atom stereocenters. The van der Waals surface area contributed by atoms with Gasteiger partial charge in [0.2, 0.25) is 11.8 Å². The van der Waals surface area contributed by atoms with Crippen LogP contribution < -0.4 is 15.5 Å². The van der Waals surface area contributed by atoms with Crippen molar-refractivity contribution in [2.45, 2.75) is 33.6 Å². The first-order chi connectivity index (χ1) is 13.9. The number of anilines is 2. The highest BCUT2D eigenvalue weighted by Crippen LogP contribution is 2.30. The largest absolute Gasteiger partial charge is 0.352 e. The summed E-state index contributed by atoms with van der Waals surface area (Å²) in [6, 6.07) is 12.6. The lowest BCUT2D eigenvalue weighted by molar-refractivity contribution is -0.122. The molecular weight excluding hydrogens is 366 g/mol. The molecule has 2 aromatic rings. The molecule has 3 amide bonds. The first kappa shape index (κ1) is 20.6. The van der Waals surface area contributed by atoms with E-state index >= 15 is 0 Å². The third-order valence-electron chi connectivity index (χ3n) is 5.31. The Morgan fingerprint density at radius 3 is 2.52 bits per heavy atom. The Labute approximate surface area is 171 Å². The van der Waals surface area contributed by atoms with Crippen molar-refractivity contribution < 1.29 is 14.4 Å². The van der Waals surface area contributed by atoms with Gasteiger partial charge in [0.15, 0.2) is 0 Å². The Hall–Kier alpha value is -3.15. The second-order valence-electron chi connectivity index (χ2n) is 7.45. The monoisotopic (exact) mass is 393 g/mol. The molecule has 3 rings (SSSR count). The molecule has 2 aromatic carbocycles. The number of aryl methyl sites for hydroxylation is 1. The van der Waals surface area contributed by atoms with Crippen molar-refractivity contribution in [3.8, 4) is 0 Å². The molecule has 0 saturated carbocycles. The van der Waals surface area contributed by atoms with Crippen molar-refractivity contribution >= 4 is 29.1 Å². The second-order valence-corrected chi connectivity index (χ2v) is 7.45. The zero-order chi connectivity index (χ0) is 21.0. The van der Waals surface area contributed by atoms with E-state index in [0.29, 0.717) is 24.3 Å². The van der Waals surface area contributed by atoms with Crippen molar-refractivity contribution in [3.05, 3.63) is 59.2 Å². The summed E-state index contributed by atoms with van der Waals surface area (Å²) in [7, 11) is 0. The van der Waals surface area contributed by atoms with E-state index in [1.165, 1.54) is 0 Å². The fourth-order valence-electron chi connectivity index (χ4n) is 3.43. The molecule has 0 aliphatic carbocycles. The van der Waals surface area contributed by atoms with Crippen LogP contribution in [0.3, 0.4) is 0 Å². The molecule has 1 fully saturated rings. The van der Waals surface area contributed by atoms with Crippen LogP contribution in [-0.2, 0) is 9.59 Å². The molecule has 2 N–H and O–H groups in total. The van der Waals surface area contributed by atoms with Crippen LogP contribution in [0.25, 0.3) is 0 Å². The molecule has 1 aliphatic rings. The van der Waals surface area contributed by atoms with Gasteiger partial charge in [0.05, 0.1) is 5.92 Å². The van der Waals surface area contributed by atoms with Crippen LogP contribution in [0.2, 0.25) is 0 Å². The van der Waals surface area contributed by atoms with Crippen molar-refractivity contribution in [2.24, 2.45) is 5.92 Å². The van der Waals surface area contributed by atoms with Crippen molar-refractivity contribution in [1.29, 1.82) is 0 Å². The molecule has 29 heavy (non-hydrogen) atoms. The maximum absolute atomic E-state index is 12.7. The SMILES string of the molecule is CCCNC(=O)c1ccc(NC(=O)[C@H]2CC(=O)N(c3cccc(C)c3C)C2)cc1. The summed E-state index contributed by atoms with van der Waals surface area (Å²) in [5.74, 6) is -0.763. The van der Waals surface area contributed by atoms with Gasteiger partial charge >= 0.3 is 0 Å². The lowest BCUT2D eigenvalue weighted by Crippen LogP contribution is -2.28. The normalized spacial score (nSPS) is 16.0. The third-order valence-corrected chi connectivity index (χ3v) is 5.31. The third kappa shape index (κ3) is 4.65. The van der Waals surface area contributed by atoms with Crippen LogP contribution in [0.1, 0.15) is 41.3 Å². The first-order valence-corrected chi connectivity index (χ1v) is 9.96. The molecule has 152 valence electrons. The number of nitrogens with zero attached hydrogens (tertiary/aromatic N) is 1. The Kier molecular flexibility index (Phi) is 6.32. The van der Waals surface area contributed by atoms with Gasteiger partial charge in [0.1, 0.15) is 0 Å². The van der Waals surface area contributed by atoms with E-state index in [-0.39, 0.29) is 24.1 Å². The van der Waals surface area contributed by atoms with Crippen LogP contribution >= 0.6 is 0 Å². The van der Waals surface area contributed by atoms with Gasteiger partial charge in [-0.2, -0.15) is 0 Å². The summed E-state index contributed by atoms with van der Waals surface area (Å²) >= 11 is 0. The van der Waals surface area contributed by atoms with Gasteiger partial charge in [-0.05, 0) is 61.7 Å². The maximum atomic E-state index is 12.7. The molecule has 0 bridgehead atoms. The highest BCUT2D eigenvalue weighted by Gasteiger charge is 2.35. The van der Waals surface area contributed by atoms with Crippen molar-refractivity contribution in [1.82, 2.24) is 5.32 Å². The molecule has 6 heteroatoms. The standard InChI is InChI=1S/C23H27N3O3/c1-4-12-24-22(28)17-8-10-19(11-9-17)25-23(29)18-13-21(27)26(14-18)20-7-5-6-15(2)16(20)3/h5-11,18H,4,12-14H2,1-3H3,(H,24,28)(H,25,29)/t18-/m0/s1. The minimum absolute atomic E-state index is 0.0400. The molecule has 6 nitrogen and oxygen atoms in total. The quantitative estimate of drug-likeness (QED) is 0.789. The average molecular weight is 393 g/mol. The van der Waals surface area contributed by atoms with Crippen LogP contribution in [-0.4, -0.2) is 30.8 Å². The maximum Gasteiger partial charge on any atom is 0.251 e. The van der Waals surface area contributed by atoms with Crippen LogP contribution in [0.4, 0.5) is 11.4 Å². The van der Waals surface area contributed by atoms with Crippen LogP contribution in [0.5, 0.6) is 0 Å². The number of carbonyl (C=O) groups is 3. The van der Waals surface area contributed by atoms with E-state index in [1.807, 2.05) is 39.0 Å². The predicted molar refractivity (Wildman–Crippen MR) is 114 cm³/mol. The minimum atomic E-state index is -0.407. The molecule has 0 radical (unpaired) electrons. The van der Waals surface area contributed by atoms with Gasteiger partial charge in [0, 0.05) is 36.4 Å². The lowest BCUT2D eigenvalue weighted by atomic mass is 10.1. The number of rotatable bonds is 6. The van der Waals surface area contributed by atoms with Crippen LogP contribution in [0, 0.1) is 19.8 Å². The number of hydrogen-bond donors (Lipinski definition) is 2. The smallest absolute Gasteiger partial charge is 0.251 e. The van der Waals surface area contributed by atoms with Gasteiger partial charge in [-0.1, -0.05) is 19.1 Å². The molecule has 1 aliphatic heterocycles. The number of nitrogens with one attached hydrogen (secondary N) is 2. The van der Waals surface area contributed by atoms with Gasteiger partial charge < -0.3 is 15.5 Å². The highest BCUT2D eigenvalue weighted by molar-refractivity contribution is 6.04. The van der Waals surface area contributed by atoms with Gasteiger partial charge in [-0.15, -0.1) is 0 Å². The van der Waals surface area contributed by atoms with Gasteiger partial charge in [-0.3, -0.25) is 14.4 Å². The zero-order valence-corrected chi connectivity index (χ0v) is 17.1. The Morgan fingerprint density at radius 1 is 1.10 bits per heavy atom. The molecule has 1 saturated heterocycles. The molecular formula is C23H27N3O3. The number of hydrogen-bond acceptors (Lipinski definition) is 3. The highest BCUT2D eigenvalue weighted by atomic mass is 16.2. The summed E-state index contributed by atoms with van der Waals surface area (Å²) < 4.78 is 0. The average Bonchev–Trinajstić information content (AvgIpc) is 3.10. The second kappa shape index (κ2) is 8.90. The van der Waals surface area contributed by atoms with Crippen LogP contribution in [0.15, 0.2) is 42.5 Å². The van der Waals surface area contributed by atoms with E-state index in [9.17, 15) is 14.4 Å². The summed E-state index contributed by atoms with van der Waals surface area (Å²) in [5, 5.41) is 5.68. The number of amides is 3. The van der Waals surface area contributed by atoms with Gasteiger partial charge in [-0.25, -0.2) is 0 Å². The van der Waals surface area contributed by atoms with E-state index in [2.05, 4.69) is 10.6 Å². The number of carbonyl (C=O) groups excluding carboxylic acids is 3. The molecule has 0 aromatic heterocycles. The van der Waals surface area contributed by atoms with E-state index in [4.69, 9.17) is 0 Å². The Bertz CT molecular complexity index is 921. The topological polar surface area (TPSA) is 78.5 Å². The summed E-state index contributed by atoms with van der Waals surface area (Å²) in [6.07, 6.45) is 1.07. The molecule has 0 spiro atoms. The Morgan fingerprint density at radius 2 is 1.83 bits per heavy atom. The summed E-state index contributed by atoms with van der Waals surface area (Å²) in [4.78, 5) is 38.9. The predicted octanol–water partition coefficient (Wildman–Crippen LogP) is 3.43. The zero-order valence-electron chi connectivity index (χ0n) is 17.1. The van der Waals surface area contributed by atoms with E-state index < -0.39 is 5.92 Å². The lowest BCUT2D eigenvalue weighted by Gasteiger charge is -2.20. The van der Waals surface area contributed by atoms with Gasteiger partial charge in [0.25, 0.3) is 5.91 Å². The summed E-state index contributed by atoms with van der Waals surface area (Å²) in [6.45, 7) is 6.99. The Balaban J connectivity index is 1.63. The fraction of sp³-hybridized carbons (Fsp3) is 0.348. The first-order valence-electron chi connectivity index (χ1n) is 9.96. The fourth-order valence-corrected chi connectivity index (χ4v) is 3.43. The van der Waals surface area contributed by atoms with Crippen molar-refractivity contribution in [2.75, 3.05) is 23.3 Å². The van der Waals surface area contributed by atoms with E-state index in [1.54, 1.807) is 29.2 Å².